The Morgan fingerprint density at radius 2 is 2.32 bits per heavy atom. The minimum absolute atomic E-state index is 0.159. The first-order chi connectivity index (χ1) is 12.1. The Morgan fingerprint density at radius 1 is 1.52 bits per heavy atom. The van der Waals surface area contributed by atoms with E-state index in [-0.39, 0.29) is 12.0 Å². The molecule has 1 aromatic heterocycles. The van der Waals surface area contributed by atoms with Gasteiger partial charge in [0.1, 0.15) is 23.7 Å². The van der Waals surface area contributed by atoms with Crippen molar-refractivity contribution in [3.63, 3.8) is 0 Å². The van der Waals surface area contributed by atoms with E-state index in [9.17, 15) is 4.79 Å². The summed E-state index contributed by atoms with van der Waals surface area (Å²) in [6.45, 7) is 4.74. The summed E-state index contributed by atoms with van der Waals surface area (Å²) in [4.78, 5) is 18.6. The number of hydrogen-bond donors (Lipinski definition) is 1. The van der Waals surface area contributed by atoms with Crippen LogP contribution in [0.25, 0.3) is 0 Å². The van der Waals surface area contributed by atoms with E-state index in [0.717, 1.165) is 0 Å². The Hall–Kier alpha value is -2.92. The third-order valence-electron chi connectivity index (χ3n) is 3.94. The van der Waals surface area contributed by atoms with Gasteiger partial charge in [-0.05, 0) is 26.0 Å². The van der Waals surface area contributed by atoms with Crippen molar-refractivity contribution in [1.82, 2.24) is 20.1 Å². The zero-order chi connectivity index (χ0) is 17.8. The van der Waals surface area contributed by atoms with Crippen LogP contribution in [0.2, 0.25) is 0 Å². The molecule has 8 nitrogen and oxygen atoms in total. The second-order valence-corrected chi connectivity index (χ2v) is 5.79. The van der Waals surface area contributed by atoms with E-state index in [4.69, 9.17) is 14.7 Å². The predicted molar refractivity (Wildman–Crippen MR) is 87.6 cm³/mol. The molecule has 0 radical (unpaired) electrons. The summed E-state index contributed by atoms with van der Waals surface area (Å²) in [6, 6.07) is 8.92. The van der Waals surface area contributed by atoms with Crippen molar-refractivity contribution >= 4 is 5.91 Å². The number of morpholine rings is 1. The second kappa shape index (κ2) is 7.32. The average Bonchev–Trinajstić information content (AvgIpc) is 3.08. The molecule has 1 fully saturated rings. The van der Waals surface area contributed by atoms with Gasteiger partial charge >= 0.3 is 0 Å². The minimum atomic E-state index is -0.706. The number of aromatic amines is 1. The van der Waals surface area contributed by atoms with E-state index in [2.05, 4.69) is 21.3 Å². The Kier molecular flexibility index (Phi) is 4.95. The number of H-pyrrole nitrogens is 1. The lowest BCUT2D eigenvalue weighted by Crippen LogP contribution is -2.47. The van der Waals surface area contributed by atoms with Crippen LogP contribution in [0.15, 0.2) is 24.3 Å². The van der Waals surface area contributed by atoms with Gasteiger partial charge in [0.05, 0.1) is 18.7 Å². The maximum absolute atomic E-state index is 12.7. The van der Waals surface area contributed by atoms with Gasteiger partial charge in [-0.1, -0.05) is 12.1 Å². The molecule has 1 saturated heterocycles. The molecule has 1 aliphatic rings. The Balaban J connectivity index is 1.66. The number of amides is 1. The molecule has 2 heterocycles. The van der Waals surface area contributed by atoms with Crippen LogP contribution < -0.4 is 4.74 Å². The number of nitrogens with zero attached hydrogens (tertiary/aromatic N) is 4. The van der Waals surface area contributed by atoms with Crippen LogP contribution in [0.1, 0.15) is 30.2 Å². The lowest BCUT2D eigenvalue weighted by molar-refractivity contribution is -0.146. The third kappa shape index (κ3) is 3.78. The van der Waals surface area contributed by atoms with Crippen LogP contribution in [-0.2, 0) is 9.53 Å². The van der Waals surface area contributed by atoms with E-state index < -0.39 is 6.10 Å². The van der Waals surface area contributed by atoms with Gasteiger partial charge in [0.15, 0.2) is 11.9 Å². The highest BCUT2D eigenvalue weighted by Crippen LogP contribution is 2.22. The number of carbonyl (C=O) groups is 1. The van der Waals surface area contributed by atoms with Gasteiger partial charge in [-0.2, -0.15) is 10.4 Å². The van der Waals surface area contributed by atoms with E-state index >= 15 is 0 Å². The standard InChI is InChI=1S/C17H19N5O3/c1-11(25-14-6-4-3-5-13(14)9-18)17(23)22-7-8-24-15(10-22)16-19-12(2)20-21-16/h3-6,11,15H,7-8,10H2,1-2H3,(H,19,20,21). The lowest BCUT2D eigenvalue weighted by Gasteiger charge is -2.33. The van der Waals surface area contributed by atoms with Crippen LogP contribution in [0.4, 0.5) is 0 Å². The van der Waals surface area contributed by atoms with Gasteiger partial charge in [0.25, 0.3) is 5.91 Å². The van der Waals surface area contributed by atoms with E-state index in [1.165, 1.54) is 0 Å². The van der Waals surface area contributed by atoms with E-state index in [1.54, 1.807) is 36.1 Å². The van der Waals surface area contributed by atoms with Crippen LogP contribution in [-0.4, -0.2) is 51.8 Å². The molecule has 8 heteroatoms. The summed E-state index contributed by atoms with van der Waals surface area (Å²) < 4.78 is 11.4. The molecule has 130 valence electrons. The number of para-hydroxylation sites is 1. The summed E-state index contributed by atoms with van der Waals surface area (Å²) in [5.41, 5.74) is 0.401. The maximum atomic E-state index is 12.7. The van der Waals surface area contributed by atoms with Crippen LogP contribution >= 0.6 is 0 Å². The summed E-state index contributed by atoms with van der Waals surface area (Å²) in [5.74, 6) is 1.49. The van der Waals surface area contributed by atoms with Crippen LogP contribution in [0, 0.1) is 18.3 Å². The monoisotopic (exact) mass is 341 g/mol. The number of aromatic nitrogens is 3. The largest absolute Gasteiger partial charge is 0.480 e. The SMILES string of the molecule is Cc1nc(C2CN(C(=O)C(C)Oc3ccccc3C#N)CCO2)n[nH]1. The smallest absolute Gasteiger partial charge is 0.263 e. The van der Waals surface area contributed by atoms with Gasteiger partial charge in [-0.15, -0.1) is 0 Å². The zero-order valence-electron chi connectivity index (χ0n) is 14.1. The molecule has 0 aliphatic carbocycles. The van der Waals surface area contributed by atoms with Crippen molar-refractivity contribution in [2.24, 2.45) is 0 Å². The van der Waals surface area contributed by atoms with Gasteiger partial charge in [0.2, 0.25) is 0 Å². The predicted octanol–water partition coefficient (Wildman–Crippen LogP) is 1.35. The van der Waals surface area contributed by atoms with Crippen LogP contribution in [0.5, 0.6) is 5.75 Å². The summed E-state index contributed by atoms with van der Waals surface area (Å²) >= 11 is 0. The number of nitrogens with one attached hydrogen (secondary N) is 1. The Morgan fingerprint density at radius 3 is 3.04 bits per heavy atom. The number of rotatable bonds is 4. The lowest BCUT2D eigenvalue weighted by atomic mass is 10.2. The first kappa shape index (κ1) is 16.9. The van der Waals surface area contributed by atoms with Crippen molar-refractivity contribution in [2.45, 2.75) is 26.1 Å². The van der Waals surface area contributed by atoms with Gasteiger partial charge < -0.3 is 14.4 Å². The molecule has 3 rings (SSSR count). The van der Waals surface area contributed by atoms with Crippen molar-refractivity contribution in [3.05, 3.63) is 41.5 Å². The third-order valence-corrected chi connectivity index (χ3v) is 3.94. The topological polar surface area (TPSA) is 104 Å². The highest BCUT2D eigenvalue weighted by atomic mass is 16.5. The molecule has 2 aromatic rings. The molecule has 0 bridgehead atoms. The molecule has 0 spiro atoms. The van der Waals surface area contributed by atoms with Gasteiger partial charge in [-0.25, -0.2) is 4.98 Å². The quantitative estimate of drug-likeness (QED) is 0.900. The molecule has 2 unspecified atom stereocenters. The van der Waals surface area contributed by atoms with Crippen molar-refractivity contribution < 1.29 is 14.3 Å². The maximum Gasteiger partial charge on any atom is 0.263 e. The fourth-order valence-corrected chi connectivity index (χ4v) is 2.67. The van der Waals surface area contributed by atoms with Gasteiger partial charge in [0, 0.05) is 6.54 Å². The first-order valence-corrected chi connectivity index (χ1v) is 8.03. The number of benzene rings is 1. The highest BCUT2D eigenvalue weighted by Gasteiger charge is 2.31. The number of aryl methyl sites for hydroxylation is 1. The molecular formula is C17H19N5O3. The fraction of sp³-hybridized carbons (Fsp3) is 0.412. The fourth-order valence-electron chi connectivity index (χ4n) is 2.67. The number of hydrogen-bond acceptors (Lipinski definition) is 6. The molecule has 1 aliphatic heterocycles. The molecule has 2 atom stereocenters. The minimum Gasteiger partial charge on any atom is -0.480 e. The van der Waals surface area contributed by atoms with Crippen molar-refractivity contribution in [3.8, 4) is 11.8 Å². The van der Waals surface area contributed by atoms with Crippen molar-refractivity contribution in [1.29, 1.82) is 5.26 Å². The normalized spacial score (nSPS) is 18.4. The second-order valence-electron chi connectivity index (χ2n) is 5.79. The van der Waals surface area contributed by atoms with Crippen LogP contribution in [0.3, 0.4) is 0 Å². The average molecular weight is 341 g/mol. The van der Waals surface area contributed by atoms with E-state index in [0.29, 0.717) is 42.7 Å². The molecule has 1 aromatic carbocycles. The first-order valence-electron chi connectivity index (χ1n) is 8.03. The molecule has 0 saturated carbocycles. The van der Waals surface area contributed by atoms with E-state index in [1.807, 2.05) is 6.92 Å². The summed E-state index contributed by atoms with van der Waals surface area (Å²) in [6.07, 6.45) is -1.07. The number of ether oxygens (including phenoxy) is 2. The Labute approximate surface area is 145 Å². The highest BCUT2D eigenvalue weighted by molar-refractivity contribution is 5.81. The number of nitriles is 1. The summed E-state index contributed by atoms with van der Waals surface area (Å²) in [7, 11) is 0. The molecule has 25 heavy (non-hydrogen) atoms. The Bertz CT molecular complexity index is 798. The van der Waals surface area contributed by atoms with Crippen molar-refractivity contribution in [2.75, 3.05) is 19.7 Å². The zero-order valence-corrected chi connectivity index (χ0v) is 14.1. The van der Waals surface area contributed by atoms with Gasteiger partial charge in [-0.3, -0.25) is 9.89 Å². The summed E-state index contributed by atoms with van der Waals surface area (Å²) in [5, 5.41) is 16.0. The molecule has 1 amide bonds. The number of carbonyl (C=O) groups excluding carboxylic acids is 1. The molecular weight excluding hydrogens is 322 g/mol. The molecule has 1 N–H and O–H groups in total.